The SMILES string of the molecule is CC1(C)CC(=O)N(CC(O)CN)C1=O. The highest BCUT2D eigenvalue weighted by Gasteiger charge is 2.44. The van der Waals surface area contributed by atoms with Crippen LogP contribution in [0.2, 0.25) is 0 Å². The van der Waals surface area contributed by atoms with Gasteiger partial charge >= 0.3 is 0 Å². The number of carbonyl (C=O) groups excluding carboxylic acids is 2. The van der Waals surface area contributed by atoms with E-state index in [9.17, 15) is 14.7 Å². The van der Waals surface area contributed by atoms with Crippen molar-refractivity contribution >= 4 is 11.8 Å². The van der Waals surface area contributed by atoms with Crippen molar-refractivity contribution in [3.63, 3.8) is 0 Å². The van der Waals surface area contributed by atoms with Crippen LogP contribution in [0.4, 0.5) is 0 Å². The van der Waals surface area contributed by atoms with E-state index in [-0.39, 0.29) is 31.3 Å². The molecule has 0 saturated carbocycles. The fourth-order valence-electron chi connectivity index (χ4n) is 1.50. The third-order valence-corrected chi connectivity index (χ3v) is 2.38. The topological polar surface area (TPSA) is 83.6 Å². The summed E-state index contributed by atoms with van der Waals surface area (Å²) in [7, 11) is 0. The molecule has 0 radical (unpaired) electrons. The van der Waals surface area contributed by atoms with E-state index in [1.165, 1.54) is 0 Å². The molecule has 1 aliphatic heterocycles. The second kappa shape index (κ2) is 3.67. The minimum Gasteiger partial charge on any atom is -0.390 e. The highest BCUT2D eigenvalue weighted by molar-refractivity contribution is 6.05. The summed E-state index contributed by atoms with van der Waals surface area (Å²) in [6.07, 6.45) is -0.611. The van der Waals surface area contributed by atoms with E-state index in [1.807, 2.05) is 0 Å². The number of β-amino-alcohol motifs (C(OH)–C–C–N with tert-alkyl or cyclic N) is 1. The van der Waals surface area contributed by atoms with Gasteiger partial charge in [-0.2, -0.15) is 0 Å². The van der Waals surface area contributed by atoms with Crippen molar-refractivity contribution in [1.82, 2.24) is 4.90 Å². The molecule has 5 heteroatoms. The van der Waals surface area contributed by atoms with Crippen LogP contribution >= 0.6 is 0 Å². The predicted molar refractivity (Wildman–Crippen MR) is 50.2 cm³/mol. The molecule has 1 atom stereocenters. The summed E-state index contributed by atoms with van der Waals surface area (Å²) in [5.41, 5.74) is 4.58. The number of likely N-dealkylation sites (tertiary alicyclic amines) is 1. The van der Waals surface area contributed by atoms with E-state index < -0.39 is 11.5 Å². The minimum absolute atomic E-state index is 0.0115. The summed E-state index contributed by atoms with van der Waals surface area (Å²) in [5.74, 6) is -0.456. The number of hydrogen-bond acceptors (Lipinski definition) is 4. The first-order valence-electron chi connectivity index (χ1n) is 4.61. The predicted octanol–water partition coefficient (Wildman–Crippen LogP) is -0.909. The van der Waals surface area contributed by atoms with Crippen LogP contribution in [0.5, 0.6) is 0 Å². The molecule has 14 heavy (non-hydrogen) atoms. The van der Waals surface area contributed by atoms with E-state index in [2.05, 4.69) is 0 Å². The van der Waals surface area contributed by atoms with Crippen LogP contribution in [0.3, 0.4) is 0 Å². The molecule has 1 saturated heterocycles. The third kappa shape index (κ3) is 1.93. The minimum atomic E-state index is -0.822. The summed E-state index contributed by atoms with van der Waals surface area (Å²) in [6, 6.07) is 0. The zero-order valence-corrected chi connectivity index (χ0v) is 8.49. The van der Waals surface area contributed by atoms with Gasteiger partial charge in [-0.15, -0.1) is 0 Å². The van der Waals surface area contributed by atoms with Crippen molar-refractivity contribution < 1.29 is 14.7 Å². The monoisotopic (exact) mass is 200 g/mol. The van der Waals surface area contributed by atoms with Gasteiger partial charge in [-0.25, -0.2) is 0 Å². The maximum Gasteiger partial charge on any atom is 0.235 e. The molecule has 0 bridgehead atoms. The second-order valence-electron chi connectivity index (χ2n) is 4.26. The van der Waals surface area contributed by atoms with Crippen LogP contribution in [-0.2, 0) is 9.59 Å². The van der Waals surface area contributed by atoms with E-state index in [0.717, 1.165) is 4.90 Å². The number of amides is 2. The number of nitrogens with two attached hydrogens (primary N) is 1. The third-order valence-electron chi connectivity index (χ3n) is 2.38. The van der Waals surface area contributed by atoms with Crippen molar-refractivity contribution in [2.45, 2.75) is 26.4 Å². The van der Waals surface area contributed by atoms with Gasteiger partial charge in [0.15, 0.2) is 0 Å². The molecule has 1 rings (SSSR count). The Hall–Kier alpha value is -0.940. The molecule has 0 spiro atoms. The molecule has 1 fully saturated rings. The Morgan fingerprint density at radius 2 is 2.14 bits per heavy atom. The molecule has 0 aliphatic carbocycles. The normalized spacial score (nSPS) is 23.0. The lowest BCUT2D eigenvalue weighted by atomic mass is 9.92. The molecule has 3 N–H and O–H groups in total. The van der Waals surface area contributed by atoms with E-state index >= 15 is 0 Å². The number of hydrogen-bond donors (Lipinski definition) is 2. The maximum absolute atomic E-state index is 11.6. The Morgan fingerprint density at radius 1 is 1.57 bits per heavy atom. The Bertz CT molecular complexity index is 263. The molecule has 5 nitrogen and oxygen atoms in total. The van der Waals surface area contributed by atoms with Crippen LogP contribution < -0.4 is 5.73 Å². The van der Waals surface area contributed by atoms with Crippen molar-refractivity contribution in [2.24, 2.45) is 11.1 Å². The lowest BCUT2D eigenvalue weighted by Gasteiger charge is -2.19. The Kier molecular flexibility index (Phi) is 2.92. The highest BCUT2D eigenvalue weighted by atomic mass is 16.3. The fraction of sp³-hybridized carbons (Fsp3) is 0.778. The molecule has 0 aromatic carbocycles. The molecular weight excluding hydrogens is 184 g/mol. The number of imide groups is 1. The first-order valence-corrected chi connectivity index (χ1v) is 4.61. The first kappa shape index (κ1) is 11.1. The Balaban J connectivity index is 2.71. The summed E-state index contributed by atoms with van der Waals surface area (Å²) >= 11 is 0. The number of carbonyl (C=O) groups is 2. The van der Waals surface area contributed by atoms with Gasteiger partial charge in [-0.05, 0) is 0 Å². The molecule has 2 amide bonds. The lowest BCUT2D eigenvalue weighted by Crippen LogP contribution is -2.41. The van der Waals surface area contributed by atoms with Crippen molar-refractivity contribution in [3.8, 4) is 0 Å². The zero-order chi connectivity index (χ0) is 10.9. The van der Waals surface area contributed by atoms with Crippen LogP contribution in [0.1, 0.15) is 20.3 Å². The summed E-state index contributed by atoms with van der Waals surface area (Å²) in [6.45, 7) is 3.51. The zero-order valence-electron chi connectivity index (χ0n) is 8.49. The highest BCUT2D eigenvalue weighted by Crippen LogP contribution is 2.31. The van der Waals surface area contributed by atoms with Crippen LogP contribution in [0.25, 0.3) is 0 Å². The first-order chi connectivity index (χ1) is 6.38. The van der Waals surface area contributed by atoms with Crippen molar-refractivity contribution in [1.29, 1.82) is 0 Å². The number of rotatable bonds is 3. The van der Waals surface area contributed by atoms with Crippen LogP contribution in [-0.4, -0.2) is 41.0 Å². The average Bonchev–Trinajstić information content (AvgIpc) is 2.28. The molecule has 0 aromatic heterocycles. The quantitative estimate of drug-likeness (QED) is 0.578. The van der Waals surface area contributed by atoms with Crippen molar-refractivity contribution in [3.05, 3.63) is 0 Å². The molecule has 1 heterocycles. The van der Waals surface area contributed by atoms with Gasteiger partial charge in [0, 0.05) is 13.0 Å². The Morgan fingerprint density at radius 3 is 2.50 bits per heavy atom. The lowest BCUT2D eigenvalue weighted by molar-refractivity contribution is -0.142. The van der Waals surface area contributed by atoms with Gasteiger partial charge in [-0.3, -0.25) is 14.5 Å². The number of aliphatic hydroxyl groups is 1. The summed E-state index contributed by atoms with van der Waals surface area (Å²) in [4.78, 5) is 24.1. The smallest absolute Gasteiger partial charge is 0.235 e. The van der Waals surface area contributed by atoms with Crippen molar-refractivity contribution in [2.75, 3.05) is 13.1 Å². The van der Waals surface area contributed by atoms with Crippen LogP contribution in [0, 0.1) is 5.41 Å². The summed E-state index contributed by atoms with van der Waals surface area (Å²) < 4.78 is 0. The molecular formula is C9H16N2O3. The van der Waals surface area contributed by atoms with E-state index in [4.69, 9.17) is 5.73 Å². The largest absolute Gasteiger partial charge is 0.390 e. The Labute approximate surface area is 82.9 Å². The standard InChI is InChI=1S/C9H16N2O3/c1-9(2)3-7(13)11(8(9)14)5-6(12)4-10/h6,12H,3-5,10H2,1-2H3. The van der Waals surface area contributed by atoms with Gasteiger partial charge in [-0.1, -0.05) is 13.8 Å². The molecule has 1 unspecified atom stereocenters. The van der Waals surface area contributed by atoms with Gasteiger partial charge < -0.3 is 10.8 Å². The molecule has 0 aromatic rings. The molecule has 80 valence electrons. The second-order valence-corrected chi connectivity index (χ2v) is 4.26. The maximum atomic E-state index is 11.6. The average molecular weight is 200 g/mol. The van der Waals surface area contributed by atoms with Gasteiger partial charge in [0.25, 0.3) is 0 Å². The van der Waals surface area contributed by atoms with E-state index in [1.54, 1.807) is 13.8 Å². The fourth-order valence-corrected chi connectivity index (χ4v) is 1.50. The number of aliphatic hydroxyl groups excluding tert-OH is 1. The summed E-state index contributed by atoms with van der Waals surface area (Å²) in [5, 5.41) is 9.25. The van der Waals surface area contributed by atoms with Gasteiger partial charge in [0.1, 0.15) is 0 Å². The number of nitrogens with zero attached hydrogens (tertiary/aromatic N) is 1. The van der Waals surface area contributed by atoms with Gasteiger partial charge in [0.05, 0.1) is 18.1 Å². The van der Waals surface area contributed by atoms with Crippen LogP contribution in [0.15, 0.2) is 0 Å². The van der Waals surface area contributed by atoms with E-state index in [0.29, 0.717) is 0 Å². The molecule has 1 aliphatic rings. The van der Waals surface area contributed by atoms with Gasteiger partial charge in [0.2, 0.25) is 11.8 Å².